The number of fused-ring (bicyclic) bond motifs is 3. The number of carboxylic acids is 1. The smallest absolute Gasteiger partial charge is 0.320 e. The topological polar surface area (TPSA) is 54.3 Å². The molecule has 1 atom stereocenters. The molecule has 0 spiro atoms. The molecule has 0 radical (unpaired) electrons. The van der Waals surface area contributed by atoms with E-state index in [0.29, 0.717) is 13.0 Å². The number of rotatable bonds is 8. The molecule has 4 heteroatoms. The van der Waals surface area contributed by atoms with Crippen LogP contribution in [-0.2, 0) is 17.9 Å². The number of nitrogens with zero attached hydrogens (tertiary/aromatic N) is 1. The van der Waals surface area contributed by atoms with Crippen molar-refractivity contribution in [3.05, 3.63) is 48.0 Å². The zero-order valence-electron chi connectivity index (χ0n) is 15.0. The number of para-hydroxylation sites is 1. The molecule has 0 aliphatic carbocycles. The first kappa shape index (κ1) is 17.5. The Labute approximate surface area is 148 Å². The summed E-state index contributed by atoms with van der Waals surface area (Å²) in [7, 11) is 0. The fourth-order valence-electron chi connectivity index (χ4n) is 3.51. The fraction of sp³-hybridized carbons (Fsp3) is 0.381. The van der Waals surface area contributed by atoms with Gasteiger partial charge in [-0.15, -0.1) is 0 Å². The molecular formula is C21H26N2O2. The van der Waals surface area contributed by atoms with Crippen LogP contribution in [0.4, 0.5) is 0 Å². The summed E-state index contributed by atoms with van der Waals surface area (Å²) in [5.41, 5.74) is 3.60. The molecule has 0 saturated carbocycles. The average molecular weight is 338 g/mol. The van der Waals surface area contributed by atoms with Crippen molar-refractivity contribution in [2.24, 2.45) is 0 Å². The summed E-state index contributed by atoms with van der Waals surface area (Å²) < 4.78 is 2.32. The van der Waals surface area contributed by atoms with E-state index in [9.17, 15) is 9.90 Å². The second kappa shape index (κ2) is 7.70. The molecule has 2 N–H and O–H groups in total. The van der Waals surface area contributed by atoms with Crippen molar-refractivity contribution in [1.82, 2.24) is 9.88 Å². The van der Waals surface area contributed by atoms with E-state index in [1.165, 1.54) is 21.8 Å². The van der Waals surface area contributed by atoms with Gasteiger partial charge in [0.1, 0.15) is 6.04 Å². The fourth-order valence-corrected chi connectivity index (χ4v) is 3.51. The van der Waals surface area contributed by atoms with E-state index in [-0.39, 0.29) is 0 Å². The third-order valence-corrected chi connectivity index (χ3v) is 4.85. The summed E-state index contributed by atoms with van der Waals surface area (Å²) in [4.78, 5) is 11.4. The van der Waals surface area contributed by atoms with Crippen molar-refractivity contribution >= 4 is 27.8 Å². The van der Waals surface area contributed by atoms with E-state index in [4.69, 9.17) is 0 Å². The van der Waals surface area contributed by atoms with Crippen LogP contribution in [0.2, 0.25) is 0 Å². The summed E-state index contributed by atoms with van der Waals surface area (Å²) in [5, 5.41) is 15.0. The SMILES string of the molecule is CCCCC(NCc1ccc2c(c1)c1ccccc1n2CC)C(=O)O. The molecule has 0 bridgehead atoms. The number of nitrogens with one attached hydrogen (secondary N) is 1. The first-order chi connectivity index (χ1) is 12.2. The van der Waals surface area contributed by atoms with E-state index in [1.807, 2.05) is 0 Å². The number of aryl methyl sites for hydroxylation is 1. The van der Waals surface area contributed by atoms with E-state index < -0.39 is 12.0 Å². The lowest BCUT2D eigenvalue weighted by molar-refractivity contribution is -0.139. The van der Waals surface area contributed by atoms with Crippen LogP contribution in [0.15, 0.2) is 42.5 Å². The molecule has 2 aromatic carbocycles. The maximum Gasteiger partial charge on any atom is 0.320 e. The van der Waals surface area contributed by atoms with Crippen LogP contribution < -0.4 is 5.32 Å². The largest absolute Gasteiger partial charge is 0.480 e. The van der Waals surface area contributed by atoms with Crippen molar-refractivity contribution in [2.75, 3.05) is 0 Å². The lowest BCUT2D eigenvalue weighted by Crippen LogP contribution is -2.36. The highest BCUT2D eigenvalue weighted by Crippen LogP contribution is 2.29. The van der Waals surface area contributed by atoms with Crippen LogP contribution in [0.25, 0.3) is 21.8 Å². The van der Waals surface area contributed by atoms with Crippen LogP contribution in [-0.4, -0.2) is 21.7 Å². The first-order valence-electron chi connectivity index (χ1n) is 9.11. The average Bonchev–Trinajstić information content (AvgIpc) is 2.94. The van der Waals surface area contributed by atoms with Gasteiger partial charge in [0.25, 0.3) is 0 Å². The number of unbranched alkanes of at least 4 members (excludes halogenated alkanes) is 1. The molecule has 0 aliphatic rings. The molecule has 3 aromatic rings. The van der Waals surface area contributed by atoms with Crippen molar-refractivity contribution < 1.29 is 9.90 Å². The number of carboxylic acid groups (broad SMARTS) is 1. The summed E-state index contributed by atoms with van der Waals surface area (Å²) in [5.74, 6) is -0.767. The third-order valence-electron chi connectivity index (χ3n) is 4.85. The second-order valence-electron chi connectivity index (χ2n) is 6.53. The number of carbonyl (C=O) groups is 1. The maximum absolute atomic E-state index is 11.4. The normalized spacial score (nSPS) is 12.7. The molecule has 0 saturated heterocycles. The Morgan fingerprint density at radius 2 is 1.88 bits per heavy atom. The number of hydrogen-bond donors (Lipinski definition) is 2. The Hall–Kier alpha value is -2.33. The summed E-state index contributed by atoms with van der Waals surface area (Å²) in [6.45, 7) is 5.74. The highest BCUT2D eigenvalue weighted by atomic mass is 16.4. The Bertz CT molecular complexity index is 882. The van der Waals surface area contributed by atoms with Crippen LogP contribution in [0.3, 0.4) is 0 Å². The molecule has 4 nitrogen and oxygen atoms in total. The molecule has 132 valence electrons. The van der Waals surface area contributed by atoms with Gasteiger partial charge in [-0.05, 0) is 37.1 Å². The number of hydrogen-bond acceptors (Lipinski definition) is 2. The van der Waals surface area contributed by atoms with Crippen LogP contribution >= 0.6 is 0 Å². The Morgan fingerprint density at radius 1 is 1.12 bits per heavy atom. The van der Waals surface area contributed by atoms with Gasteiger partial charge >= 0.3 is 5.97 Å². The zero-order chi connectivity index (χ0) is 17.8. The van der Waals surface area contributed by atoms with Gasteiger partial charge in [0.05, 0.1) is 0 Å². The summed E-state index contributed by atoms with van der Waals surface area (Å²) in [6.07, 6.45) is 2.60. The molecule has 1 aromatic heterocycles. The predicted octanol–water partition coefficient (Wildman–Crippen LogP) is 4.55. The Kier molecular flexibility index (Phi) is 5.39. The molecule has 0 amide bonds. The molecule has 3 rings (SSSR count). The summed E-state index contributed by atoms with van der Waals surface area (Å²) >= 11 is 0. The van der Waals surface area contributed by atoms with E-state index in [0.717, 1.165) is 24.9 Å². The monoisotopic (exact) mass is 338 g/mol. The van der Waals surface area contributed by atoms with Gasteiger partial charge in [-0.2, -0.15) is 0 Å². The van der Waals surface area contributed by atoms with Crippen molar-refractivity contribution in [3.8, 4) is 0 Å². The van der Waals surface area contributed by atoms with Crippen molar-refractivity contribution in [2.45, 2.75) is 52.2 Å². The van der Waals surface area contributed by atoms with Gasteiger partial charge in [-0.1, -0.05) is 44.0 Å². The predicted molar refractivity (Wildman–Crippen MR) is 103 cm³/mol. The van der Waals surface area contributed by atoms with Crippen LogP contribution in [0, 0.1) is 0 Å². The molecule has 0 fully saturated rings. The molecule has 1 heterocycles. The standard InChI is InChI=1S/C21H26N2O2/c1-3-5-9-18(21(24)25)22-14-15-11-12-20-17(13-15)16-8-6-7-10-19(16)23(20)4-2/h6-8,10-13,18,22H,3-5,9,14H2,1-2H3,(H,24,25). The lowest BCUT2D eigenvalue weighted by atomic mass is 10.1. The molecular weight excluding hydrogens is 312 g/mol. The minimum absolute atomic E-state index is 0.479. The number of benzene rings is 2. The maximum atomic E-state index is 11.4. The Morgan fingerprint density at radius 3 is 2.60 bits per heavy atom. The van der Waals surface area contributed by atoms with Crippen LogP contribution in [0.1, 0.15) is 38.7 Å². The quantitative estimate of drug-likeness (QED) is 0.633. The van der Waals surface area contributed by atoms with Crippen molar-refractivity contribution in [3.63, 3.8) is 0 Å². The minimum Gasteiger partial charge on any atom is -0.480 e. The lowest BCUT2D eigenvalue weighted by Gasteiger charge is -2.14. The van der Waals surface area contributed by atoms with Gasteiger partial charge in [0.2, 0.25) is 0 Å². The van der Waals surface area contributed by atoms with Crippen molar-refractivity contribution in [1.29, 1.82) is 0 Å². The van der Waals surface area contributed by atoms with Gasteiger partial charge in [-0.25, -0.2) is 0 Å². The van der Waals surface area contributed by atoms with E-state index in [1.54, 1.807) is 0 Å². The highest BCUT2D eigenvalue weighted by Gasteiger charge is 2.16. The van der Waals surface area contributed by atoms with Gasteiger partial charge < -0.3 is 15.0 Å². The second-order valence-corrected chi connectivity index (χ2v) is 6.53. The minimum atomic E-state index is -0.767. The van der Waals surface area contributed by atoms with Gasteiger partial charge in [0, 0.05) is 34.9 Å². The highest BCUT2D eigenvalue weighted by molar-refractivity contribution is 6.08. The Balaban J connectivity index is 1.88. The number of aromatic nitrogens is 1. The van der Waals surface area contributed by atoms with Gasteiger partial charge in [0.15, 0.2) is 0 Å². The zero-order valence-corrected chi connectivity index (χ0v) is 15.0. The number of aliphatic carboxylic acids is 1. The van der Waals surface area contributed by atoms with E-state index >= 15 is 0 Å². The molecule has 1 unspecified atom stereocenters. The molecule has 0 aliphatic heterocycles. The molecule has 25 heavy (non-hydrogen) atoms. The third kappa shape index (κ3) is 3.54. The summed E-state index contributed by atoms with van der Waals surface area (Å²) in [6, 6.07) is 14.4. The van der Waals surface area contributed by atoms with E-state index in [2.05, 4.69) is 66.2 Å². The first-order valence-corrected chi connectivity index (χ1v) is 9.11. The van der Waals surface area contributed by atoms with Crippen LogP contribution in [0.5, 0.6) is 0 Å². The van der Waals surface area contributed by atoms with Gasteiger partial charge in [-0.3, -0.25) is 4.79 Å².